The zero-order valence-corrected chi connectivity index (χ0v) is 14.7. The summed E-state index contributed by atoms with van der Waals surface area (Å²) >= 11 is 0. The van der Waals surface area contributed by atoms with E-state index in [4.69, 9.17) is 4.42 Å². The first-order valence-corrected chi connectivity index (χ1v) is 8.71. The third-order valence-corrected chi connectivity index (χ3v) is 4.40. The van der Waals surface area contributed by atoms with Gasteiger partial charge in [0.25, 0.3) is 0 Å². The second-order valence-corrected chi connectivity index (χ2v) is 6.10. The van der Waals surface area contributed by atoms with E-state index in [-0.39, 0.29) is 30.1 Å². The molecule has 0 radical (unpaired) electrons. The molecule has 1 aromatic carbocycles. The second kappa shape index (κ2) is 8.07. The van der Waals surface area contributed by atoms with Crippen LogP contribution in [0.2, 0.25) is 0 Å². The van der Waals surface area contributed by atoms with Crippen molar-refractivity contribution >= 4 is 17.7 Å². The molecule has 0 unspecified atom stereocenters. The van der Waals surface area contributed by atoms with Crippen molar-refractivity contribution in [1.29, 1.82) is 0 Å². The third kappa shape index (κ3) is 4.07. The highest BCUT2D eigenvalue weighted by Crippen LogP contribution is 2.16. The van der Waals surface area contributed by atoms with Gasteiger partial charge in [0.15, 0.2) is 5.78 Å². The van der Waals surface area contributed by atoms with Gasteiger partial charge in [-0.2, -0.15) is 0 Å². The summed E-state index contributed by atoms with van der Waals surface area (Å²) in [5.74, 6) is -0.420. The molecule has 0 spiro atoms. The fraction of sp³-hybridized carbons (Fsp3) is 0.444. The molecule has 2 heterocycles. The quantitative estimate of drug-likeness (QED) is 0.734. The van der Waals surface area contributed by atoms with Gasteiger partial charge in [-0.3, -0.25) is 9.59 Å². The molecule has 0 saturated carbocycles. The van der Waals surface area contributed by atoms with Crippen LogP contribution in [0.15, 0.2) is 28.7 Å². The molecule has 8 heteroatoms. The van der Waals surface area contributed by atoms with E-state index in [9.17, 15) is 14.0 Å². The van der Waals surface area contributed by atoms with Crippen LogP contribution >= 0.6 is 0 Å². The van der Waals surface area contributed by atoms with E-state index in [2.05, 4.69) is 10.2 Å². The minimum atomic E-state index is -0.551. The van der Waals surface area contributed by atoms with Crippen LogP contribution in [0.5, 0.6) is 0 Å². The van der Waals surface area contributed by atoms with Crippen LogP contribution < -0.4 is 4.90 Å². The number of Topliss-reactive ketones (excluding diaryl/α,β-unsaturated/α-hetero) is 1. The molecule has 2 aromatic rings. The lowest BCUT2D eigenvalue weighted by Crippen LogP contribution is -2.49. The highest BCUT2D eigenvalue weighted by atomic mass is 19.1. The summed E-state index contributed by atoms with van der Waals surface area (Å²) in [6.07, 6.45) is 0.763. The second-order valence-electron chi connectivity index (χ2n) is 6.10. The maximum absolute atomic E-state index is 13.6. The van der Waals surface area contributed by atoms with Gasteiger partial charge in [-0.05, 0) is 12.1 Å². The lowest BCUT2D eigenvalue weighted by molar-refractivity contribution is -0.131. The third-order valence-electron chi connectivity index (χ3n) is 4.40. The van der Waals surface area contributed by atoms with Crippen molar-refractivity contribution in [2.45, 2.75) is 26.2 Å². The number of aryl methyl sites for hydroxylation is 1. The molecule has 3 rings (SSSR count). The normalized spacial score (nSPS) is 14.5. The van der Waals surface area contributed by atoms with Gasteiger partial charge in [0.05, 0.1) is 5.56 Å². The molecule has 138 valence electrons. The fourth-order valence-corrected chi connectivity index (χ4v) is 2.86. The lowest BCUT2D eigenvalue weighted by atomic mass is 10.1. The van der Waals surface area contributed by atoms with Gasteiger partial charge in [0, 0.05) is 45.4 Å². The summed E-state index contributed by atoms with van der Waals surface area (Å²) in [7, 11) is 0. The number of anilines is 1. The maximum atomic E-state index is 13.6. The number of halogens is 1. The minimum Gasteiger partial charge on any atom is -0.408 e. The number of aromatic nitrogens is 2. The van der Waals surface area contributed by atoms with Crippen LogP contribution in [0.4, 0.5) is 10.4 Å². The summed E-state index contributed by atoms with van der Waals surface area (Å²) in [5.41, 5.74) is 0.0354. The molecule has 1 aliphatic rings. The molecular weight excluding hydrogens is 339 g/mol. The average molecular weight is 360 g/mol. The SMILES string of the molecule is CCc1nnc(N2CCN(C(=O)CCC(=O)c3ccccc3F)CC2)o1. The topological polar surface area (TPSA) is 79.5 Å². The van der Waals surface area contributed by atoms with Crippen molar-refractivity contribution in [3.8, 4) is 0 Å². The zero-order chi connectivity index (χ0) is 18.5. The molecular formula is C18H21FN4O3. The molecule has 1 saturated heterocycles. The molecule has 7 nitrogen and oxygen atoms in total. The molecule has 26 heavy (non-hydrogen) atoms. The van der Waals surface area contributed by atoms with Gasteiger partial charge in [-0.15, -0.1) is 5.10 Å². The predicted octanol–water partition coefficient (Wildman–Crippen LogP) is 2.08. The summed E-state index contributed by atoms with van der Waals surface area (Å²) < 4.78 is 19.1. The van der Waals surface area contributed by atoms with Crippen LogP contribution in [0.1, 0.15) is 36.0 Å². The summed E-state index contributed by atoms with van der Waals surface area (Å²) in [4.78, 5) is 28.1. The molecule has 0 N–H and O–H groups in total. The van der Waals surface area contributed by atoms with Crippen LogP contribution in [-0.4, -0.2) is 53.0 Å². The van der Waals surface area contributed by atoms with Crippen molar-refractivity contribution in [3.63, 3.8) is 0 Å². The van der Waals surface area contributed by atoms with Gasteiger partial charge in [0.1, 0.15) is 5.82 Å². The number of carbonyl (C=O) groups excluding carboxylic acids is 2. The number of hydrogen-bond acceptors (Lipinski definition) is 6. The van der Waals surface area contributed by atoms with Crippen molar-refractivity contribution in [2.75, 3.05) is 31.1 Å². The summed E-state index contributed by atoms with van der Waals surface area (Å²) in [6, 6.07) is 6.30. The molecule has 0 bridgehead atoms. The van der Waals surface area contributed by atoms with Crippen LogP contribution in [0, 0.1) is 5.82 Å². The molecule has 0 aliphatic carbocycles. The molecule has 1 fully saturated rings. The number of nitrogens with zero attached hydrogens (tertiary/aromatic N) is 4. The smallest absolute Gasteiger partial charge is 0.318 e. The van der Waals surface area contributed by atoms with Gasteiger partial charge >= 0.3 is 6.01 Å². The molecule has 1 aromatic heterocycles. The minimum absolute atomic E-state index is 0.00347. The van der Waals surface area contributed by atoms with Crippen LogP contribution in [0.3, 0.4) is 0 Å². The number of ketones is 1. The van der Waals surface area contributed by atoms with Gasteiger partial charge in [-0.25, -0.2) is 4.39 Å². The molecule has 0 atom stereocenters. The van der Waals surface area contributed by atoms with E-state index >= 15 is 0 Å². The van der Waals surface area contributed by atoms with Gasteiger partial charge in [-0.1, -0.05) is 24.2 Å². The van der Waals surface area contributed by atoms with Gasteiger partial charge < -0.3 is 14.2 Å². The Hall–Kier alpha value is -2.77. The Morgan fingerprint density at radius 3 is 2.50 bits per heavy atom. The van der Waals surface area contributed by atoms with E-state index < -0.39 is 5.82 Å². The van der Waals surface area contributed by atoms with Crippen molar-refractivity contribution in [3.05, 3.63) is 41.5 Å². The molecule has 1 amide bonds. The molecule has 1 aliphatic heterocycles. The van der Waals surface area contributed by atoms with Crippen LogP contribution in [0.25, 0.3) is 0 Å². The summed E-state index contributed by atoms with van der Waals surface area (Å²) in [5, 5.41) is 7.95. The monoisotopic (exact) mass is 360 g/mol. The largest absolute Gasteiger partial charge is 0.408 e. The zero-order valence-electron chi connectivity index (χ0n) is 14.7. The number of hydrogen-bond donors (Lipinski definition) is 0. The first-order valence-electron chi connectivity index (χ1n) is 8.71. The highest BCUT2D eigenvalue weighted by molar-refractivity contribution is 5.98. The Bertz CT molecular complexity index is 784. The van der Waals surface area contributed by atoms with Crippen LogP contribution in [-0.2, 0) is 11.2 Å². The number of piperazine rings is 1. The van der Waals surface area contributed by atoms with E-state index in [1.807, 2.05) is 11.8 Å². The first-order chi connectivity index (χ1) is 12.6. The van der Waals surface area contributed by atoms with E-state index in [1.54, 1.807) is 11.0 Å². The van der Waals surface area contributed by atoms with E-state index in [0.717, 1.165) is 0 Å². The van der Waals surface area contributed by atoms with E-state index in [1.165, 1.54) is 18.2 Å². The Morgan fingerprint density at radius 2 is 1.85 bits per heavy atom. The van der Waals surface area contributed by atoms with Crippen molar-refractivity contribution in [1.82, 2.24) is 15.1 Å². The number of rotatable bonds is 6. The maximum Gasteiger partial charge on any atom is 0.318 e. The standard InChI is InChI=1S/C18H21FN4O3/c1-2-16-20-21-18(26-16)23-11-9-22(10-12-23)17(25)8-7-15(24)13-5-3-4-6-14(13)19/h3-6H,2,7-12H2,1H3. The van der Waals surface area contributed by atoms with Gasteiger partial charge in [0.2, 0.25) is 11.8 Å². The van der Waals surface area contributed by atoms with Crippen molar-refractivity contribution in [2.24, 2.45) is 0 Å². The Morgan fingerprint density at radius 1 is 1.12 bits per heavy atom. The Kier molecular flexibility index (Phi) is 5.60. The van der Waals surface area contributed by atoms with E-state index in [0.29, 0.717) is 44.5 Å². The first kappa shape index (κ1) is 18.0. The Labute approximate surface area is 150 Å². The Balaban J connectivity index is 1.48. The lowest BCUT2D eigenvalue weighted by Gasteiger charge is -2.33. The average Bonchev–Trinajstić information content (AvgIpc) is 3.15. The fourth-order valence-electron chi connectivity index (χ4n) is 2.86. The highest BCUT2D eigenvalue weighted by Gasteiger charge is 2.24. The number of benzene rings is 1. The predicted molar refractivity (Wildman–Crippen MR) is 92.4 cm³/mol. The van der Waals surface area contributed by atoms with Crippen molar-refractivity contribution < 1.29 is 18.4 Å². The summed E-state index contributed by atoms with van der Waals surface area (Å²) in [6.45, 7) is 4.18. The number of carbonyl (C=O) groups is 2. The number of amides is 1.